The summed E-state index contributed by atoms with van der Waals surface area (Å²) in [6, 6.07) is -1.34. The first kappa shape index (κ1) is 105. The molecule has 122 heavy (non-hydrogen) atoms. The molecule has 0 aliphatic carbocycles. The van der Waals surface area contributed by atoms with E-state index in [1.54, 1.807) is 91.9 Å². The van der Waals surface area contributed by atoms with Gasteiger partial charge in [-0.2, -0.15) is 0 Å². The minimum absolute atomic E-state index is 0.00237. The van der Waals surface area contributed by atoms with Crippen molar-refractivity contribution in [1.82, 2.24) is 79.4 Å². The number of para-hydroxylation sites is 1. The number of carbonyl (C=O) groups is 16. The quantitative estimate of drug-likeness (QED) is 0.0158. The zero-order valence-electron chi connectivity index (χ0n) is 72.9. The maximum absolute atomic E-state index is 14.8. The summed E-state index contributed by atoms with van der Waals surface area (Å²) in [4.78, 5) is 230. The van der Waals surface area contributed by atoms with E-state index in [0.717, 1.165) is 10.9 Å². The van der Waals surface area contributed by atoms with Gasteiger partial charge in [0.25, 0.3) is 0 Å². The number of amides is 16. The van der Waals surface area contributed by atoms with Gasteiger partial charge in [-0.05, 0) is 143 Å². The number of nitrogens with one attached hydrogen (secondary N) is 15. The summed E-state index contributed by atoms with van der Waals surface area (Å²) in [6.45, 7) is 21.2. The lowest BCUT2D eigenvalue weighted by atomic mass is 9.97. The van der Waals surface area contributed by atoms with Crippen molar-refractivity contribution in [3.05, 3.63) is 71.9 Å². The summed E-state index contributed by atoms with van der Waals surface area (Å²) in [7, 11) is 0. The van der Waals surface area contributed by atoms with Crippen molar-refractivity contribution in [3.63, 3.8) is 0 Å². The van der Waals surface area contributed by atoms with E-state index in [4.69, 9.17) is 40.1 Å². The molecule has 0 spiro atoms. The molecule has 0 bridgehead atoms. The molecule has 1 heterocycles. The van der Waals surface area contributed by atoms with Crippen LogP contribution in [0, 0.1) is 35.5 Å². The number of nitrogens with two attached hydrogens (primary N) is 7. The van der Waals surface area contributed by atoms with Gasteiger partial charge in [0, 0.05) is 36.5 Å². The van der Waals surface area contributed by atoms with E-state index in [1.165, 1.54) is 6.92 Å². The number of fused-ring (bicyclic) bond motifs is 1. The monoisotopic (exact) mass is 1710 g/mol. The van der Waals surface area contributed by atoms with Crippen LogP contribution in [0.3, 0.4) is 0 Å². The molecule has 16 amide bonds. The standard InChI is InChI=1S/C83H137N23O16/c1-14-49(12)69(82(122)98-57(31-24-34-91-83(89)90)73(113)94-50(13)71(111)105-67(47(8)9)81(121)103-60(37-46(6)7)76(116)102-63(40-64(87)107)79(119)106-68(48(10)11)80(120)99-58(70(88)110)35-44(2)3)104-66(109)43-93-72(112)55(29-20-22-32-84)96-77(117)61(38-51-25-16-15-17-26-51)101-75(115)59(36-45(4)5)100-74(114)56(30-21-23-33-85)97-78(118)62(95-65(108)41-86)39-52-42-92-54-28-19-18-27-53(52)54/h15-19,25-28,42,44-50,55-63,67-69,92H,14,20-24,29-41,43,84-86H2,1-13H3,(H2,87,107)(H2,88,110)(H,93,112)(H,94,113)(H,95,108)(H,96,117)(H,97,118)(H,98,122)(H,99,120)(H,100,114)(H,101,115)(H,102,116)(H,103,121)(H,104,109)(H,105,111)(H,106,119)(H4,89,90,91)/t49-,50-,55-,56-,57-,58-,59-,60-,61-,62-,63-,67-,68-,69-/m0/s1. The SMILES string of the molecule is CC[C@H](C)[C@H](NC(=O)CNC(=O)[C@H](CCCCN)NC(=O)[C@H](Cc1ccccc1)NC(=O)[C@H](CC(C)C)NC(=O)[C@H](CCCCN)NC(=O)[C@H](Cc1c[nH]c2ccccc12)NC(=O)CN)C(=O)N[C@@H](CCCN=C(N)N)C(=O)N[C@@H](C)C(=O)N[C@H](C(=O)N[C@@H](CC(C)C)C(=O)N[C@@H](CC(N)=O)C(=O)N[C@H](C(=O)N[C@@H](CC(C)C)C(N)=O)C(C)C)C(C)C. The largest absolute Gasteiger partial charge is 0.370 e. The number of aromatic nitrogens is 1. The second kappa shape index (κ2) is 54.1. The Morgan fingerprint density at radius 3 is 1.31 bits per heavy atom. The fourth-order valence-corrected chi connectivity index (χ4v) is 13.2. The van der Waals surface area contributed by atoms with Gasteiger partial charge >= 0.3 is 0 Å². The molecule has 680 valence electrons. The number of aromatic amines is 1. The van der Waals surface area contributed by atoms with Crippen LogP contribution in [0.2, 0.25) is 0 Å². The zero-order chi connectivity index (χ0) is 91.6. The molecule has 0 saturated heterocycles. The molecule has 3 rings (SSSR count). The van der Waals surface area contributed by atoms with Crippen LogP contribution in [0.15, 0.2) is 65.8 Å². The smallest absolute Gasteiger partial charge is 0.243 e. The third-order valence-corrected chi connectivity index (χ3v) is 20.2. The number of aliphatic imine (C=N–C) groups is 1. The average Bonchev–Trinajstić information content (AvgIpc) is 1.67. The van der Waals surface area contributed by atoms with Crippen molar-refractivity contribution >= 4 is 111 Å². The Kier molecular flexibility index (Phi) is 46.5. The molecule has 3 aromatic rings. The highest BCUT2D eigenvalue weighted by atomic mass is 16.2. The molecular formula is C83H137N23O16. The second-order valence-electron chi connectivity index (χ2n) is 32.9. The lowest BCUT2D eigenvalue weighted by Crippen LogP contribution is -2.61. The number of hydrogen-bond donors (Lipinski definition) is 22. The van der Waals surface area contributed by atoms with E-state index < -0.39 is 210 Å². The normalized spacial score (nSPS) is 14.8. The molecule has 0 radical (unpaired) electrons. The van der Waals surface area contributed by atoms with E-state index in [2.05, 4.69) is 84.4 Å². The van der Waals surface area contributed by atoms with Crippen molar-refractivity contribution in [2.24, 2.45) is 80.6 Å². The first-order chi connectivity index (χ1) is 57.5. The maximum Gasteiger partial charge on any atom is 0.243 e. The van der Waals surface area contributed by atoms with E-state index in [1.807, 2.05) is 52.0 Å². The fraction of sp³-hybridized carbons (Fsp3) is 0.627. The Hall–Kier alpha value is -11.3. The van der Waals surface area contributed by atoms with E-state index in [-0.39, 0.29) is 101 Å². The van der Waals surface area contributed by atoms with E-state index in [0.29, 0.717) is 43.2 Å². The van der Waals surface area contributed by atoms with Gasteiger partial charge in [0.15, 0.2) is 5.96 Å². The third kappa shape index (κ3) is 37.7. The zero-order valence-corrected chi connectivity index (χ0v) is 72.9. The average molecular weight is 1710 g/mol. The van der Waals surface area contributed by atoms with Gasteiger partial charge in [-0.3, -0.25) is 81.7 Å². The van der Waals surface area contributed by atoms with Gasteiger partial charge in [0.05, 0.1) is 19.5 Å². The molecular weight excluding hydrogens is 1580 g/mol. The summed E-state index contributed by atoms with van der Waals surface area (Å²) >= 11 is 0. The van der Waals surface area contributed by atoms with Crippen molar-refractivity contribution in [1.29, 1.82) is 0 Å². The molecule has 39 nitrogen and oxygen atoms in total. The first-order valence-electron chi connectivity index (χ1n) is 42.1. The lowest BCUT2D eigenvalue weighted by Gasteiger charge is -2.29. The first-order valence-corrected chi connectivity index (χ1v) is 42.1. The van der Waals surface area contributed by atoms with Crippen LogP contribution in [0.25, 0.3) is 10.9 Å². The van der Waals surface area contributed by atoms with E-state index >= 15 is 0 Å². The number of guanidine groups is 1. The van der Waals surface area contributed by atoms with Gasteiger partial charge in [-0.15, -0.1) is 0 Å². The number of unbranched alkanes of at least 4 members (excludes halogenated alkanes) is 2. The maximum atomic E-state index is 14.8. The summed E-state index contributed by atoms with van der Waals surface area (Å²) in [5, 5.41) is 37.9. The van der Waals surface area contributed by atoms with Gasteiger partial charge in [0.2, 0.25) is 94.5 Å². The molecule has 0 fully saturated rings. The van der Waals surface area contributed by atoms with Crippen LogP contribution in [0.1, 0.15) is 185 Å². The van der Waals surface area contributed by atoms with Crippen molar-refractivity contribution in [2.45, 2.75) is 265 Å². The number of hydrogen-bond acceptors (Lipinski definition) is 20. The van der Waals surface area contributed by atoms with Crippen molar-refractivity contribution < 1.29 is 76.7 Å². The number of carbonyl (C=O) groups excluding carboxylic acids is 16. The molecule has 14 atom stereocenters. The molecule has 0 aliphatic heterocycles. The number of nitrogens with zero attached hydrogens (tertiary/aromatic N) is 1. The third-order valence-electron chi connectivity index (χ3n) is 20.2. The summed E-state index contributed by atoms with van der Waals surface area (Å²) in [5.74, 6) is -16.0. The highest BCUT2D eigenvalue weighted by Crippen LogP contribution is 2.21. The number of primary amides is 2. The second-order valence-corrected chi connectivity index (χ2v) is 32.9. The molecule has 39 heteroatoms. The fourth-order valence-electron chi connectivity index (χ4n) is 13.2. The molecule has 0 saturated carbocycles. The Bertz CT molecular complexity index is 3980. The van der Waals surface area contributed by atoms with Crippen LogP contribution in [0.4, 0.5) is 0 Å². The van der Waals surface area contributed by atoms with Crippen molar-refractivity contribution in [2.75, 3.05) is 32.7 Å². The Morgan fingerprint density at radius 1 is 0.393 bits per heavy atom. The minimum atomic E-state index is -1.66. The minimum Gasteiger partial charge on any atom is -0.370 e. The van der Waals surface area contributed by atoms with E-state index in [9.17, 15) is 76.7 Å². The number of H-pyrrole nitrogens is 1. The number of rotatable bonds is 57. The van der Waals surface area contributed by atoms with Crippen LogP contribution < -0.4 is 115 Å². The molecule has 29 N–H and O–H groups in total. The van der Waals surface area contributed by atoms with Crippen LogP contribution in [0.5, 0.6) is 0 Å². The Balaban J connectivity index is 1.87. The van der Waals surface area contributed by atoms with Gasteiger partial charge < -0.3 is 120 Å². The summed E-state index contributed by atoms with van der Waals surface area (Å²) in [5.41, 5.74) is 41.8. The number of benzene rings is 2. The molecule has 0 unspecified atom stereocenters. The molecule has 1 aromatic heterocycles. The summed E-state index contributed by atoms with van der Waals surface area (Å²) < 4.78 is 0. The Labute approximate surface area is 714 Å². The Morgan fingerprint density at radius 2 is 0.811 bits per heavy atom. The van der Waals surface area contributed by atoms with Crippen LogP contribution in [-0.2, 0) is 89.6 Å². The van der Waals surface area contributed by atoms with Crippen LogP contribution >= 0.6 is 0 Å². The predicted molar refractivity (Wildman–Crippen MR) is 461 cm³/mol. The highest BCUT2D eigenvalue weighted by molar-refractivity contribution is 6.01. The van der Waals surface area contributed by atoms with Gasteiger partial charge in [0.1, 0.15) is 78.5 Å². The van der Waals surface area contributed by atoms with Crippen molar-refractivity contribution in [3.8, 4) is 0 Å². The molecule has 2 aromatic carbocycles. The molecule has 0 aliphatic rings. The summed E-state index contributed by atoms with van der Waals surface area (Å²) in [6.07, 6.45) is 3.10. The van der Waals surface area contributed by atoms with Gasteiger partial charge in [-0.25, -0.2) is 0 Å². The van der Waals surface area contributed by atoms with Crippen LogP contribution in [-0.4, -0.2) is 217 Å². The van der Waals surface area contributed by atoms with Gasteiger partial charge in [-0.1, -0.05) is 138 Å². The topological polar surface area (TPSA) is 652 Å². The lowest BCUT2D eigenvalue weighted by molar-refractivity contribution is -0.137. The predicted octanol–water partition coefficient (Wildman–Crippen LogP) is -2.48. The highest BCUT2D eigenvalue weighted by Gasteiger charge is 2.39.